The van der Waals surface area contributed by atoms with Gasteiger partial charge in [-0.3, -0.25) is 0 Å². The van der Waals surface area contributed by atoms with Gasteiger partial charge in [-0.05, 0) is 0 Å². The molecule has 0 aliphatic carbocycles. The molecule has 3 aromatic heterocycles. The summed E-state index contributed by atoms with van der Waals surface area (Å²) in [5.41, 5.74) is 3.15. The quantitative estimate of drug-likeness (QED) is 0.169. The van der Waals surface area contributed by atoms with Crippen molar-refractivity contribution in [2.24, 2.45) is 0 Å². The normalized spacial score (nSPS) is 11.8. The van der Waals surface area contributed by atoms with Crippen molar-refractivity contribution in [3.05, 3.63) is 127 Å². The molecule has 0 bridgehead atoms. The Labute approximate surface area is 261 Å². The average Bonchev–Trinajstić information content (AvgIpc) is 3.62. The molecule has 0 saturated heterocycles. The Morgan fingerprint density at radius 2 is 0.952 bits per heavy atom. The molecular formula is C37H21N3Te2. The summed E-state index contributed by atoms with van der Waals surface area (Å²) in [6.07, 6.45) is 0. The van der Waals surface area contributed by atoms with E-state index in [1.807, 2.05) is 0 Å². The first-order chi connectivity index (χ1) is 20.8. The zero-order valence-electron chi connectivity index (χ0n) is 22.3. The summed E-state index contributed by atoms with van der Waals surface area (Å²) >= 11 is -0.813. The van der Waals surface area contributed by atoms with Crippen LogP contribution in [0.3, 0.4) is 0 Å². The van der Waals surface area contributed by atoms with E-state index < -0.39 is 20.4 Å². The van der Waals surface area contributed by atoms with Crippen molar-refractivity contribution < 1.29 is 0 Å². The second-order valence-electron chi connectivity index (χ2n) is 10.4. The van der Waals surface area contributed by atoms with Crippen molar-refractivity contribution in [2.75, 3.05) is 0 Å². The SMILES string of the molecule is c1ccc2c(-c3nc(-c4ccc5[te]c6ccccc6c5c4)nc(-c4cccc5[te]c6ccccc6c45)n3)cccc2c1. The average molecular weight is 763 g/mol. The van der Waals surface area contributed by atoms with Crippen molar-refractivity contribution in [1.29, 1.82) is 0 Å². The van der Waals surface area contributed by atoms with Gasteiger partial charge in [0.05, 0.1) is 0 Å². The molecule has 0 atom stereocenters. The van der Waals surface area contributed by atoms with Crippen molar-refractivity contribution in [1.82, 2.24) is 15.0 Å². The number of fused-ring (bicyclic) bond motifs is 7. The molecular weight excluding hydrogens is 742 g/mol. The van der Waals surface area contributed by atoms with Gasteiger partial charge in [-0.15, -0.1) is 0 Å². The number of hydrogen-bond donors (Lipinski definition) is 0. The summed E-state index contributed by atoms with van der Waals surface area (Å²) in [7, 11) is 0. The van der Waals surface area contributed by atoms with Crippen molar-refractivity contribution >= 4 is 86.8 Å². The third-order valence-corrected chi connectivity index (χ3v) is 14.5. The molecule has 0 aliphatic rings. The van der Waals surface area contributed by atoms with Gasteiger partial charge in [-0.1, -0.05) is 0 Å². The summed E-state index contributed by atoms with van der Waals surface area (Å²) in [4.78, 5) is 15.6. The van der Waals surface area contributed by atoms with E-state index in [9.17, 15) is 0 Å². The van der Waals surface area contributed by atoms with Crippen LogP contribution in [0.4, 0.5) is 0 Å². The van der Waals surface area contributed by atoms with Crippen molar-refractivity contribution in [2.45, 2.75) is 0 Å². The van der Waals surface area contributed by atoms with Gasteiger partial charge in [0.2, 0.25) is 0 Å². The fraction of sp³-hybridized carbons (Fsp3) is 0. The fourth-order valence-electron chi connectivity index (χ4n) is 5.99. The summed E-state index contributed by atoms with van der Waals surface area (Å²) in [5, 5.41) is 7.65. The first-order valence-corrected chi connectivity index (χ1v) is 18.5. The fourth-order valence-corrected chi connectivity index (χ4v) is 12.3. The molecule has 9 aromatic rings. The van der Waals surface area contributed by atoms with Gasteiger partial charge < -0.3 is 0 Å². The van der Waals surface area contributed by atoms with E-state index in [2.05, 4.69) is 127 Å². The molecule has 0 N–H and O–H groups in total. The van der Waals surface area contributed by atoms with E-state index in [1.54, 1.807) is 0 Å². The summed E-state index contributed by atoms with van der Waals surface area (Å²) in [5.74, 6) is 2.16. The zero-order chi connectivity index (χ0) is 27.6. The molecule has 5 heteroatoms. The molecule has 0 fully saturated rings. The zero-order valence-corrected chi connectivity index (χ0v) is 26.9. The molecule has 6 aromatic carbocycles. The molecule has 0 spiro atoms. The van der Waals surface area contributed by atoms with Gasteiger partial charge >= 0.3 is 263 Å². The van der Waals surface area contributed by atoms with Gasteiger partial charge in [0.15, 0.2) is 0 Å². The van der Waals surface area contributed by atoms with Crippen LogP contribution in [-0.4, -0.2) is 55.8 Å². The Morgan fingerprint density at radius 3 is 1.83 bits per heavy atom. The van der Waals surface area contributed by atoms with E-state index in [0.29, 0.717) is 5.82 Å². The molecule has 3 heterocycles. The van der Waals surface area contributed by atoms with E-state index >= 15 is 0 Å². The monoisotopic (exact) mass is 767 g/mol. The number of rotatable bonds is 3. The predicted molar refractivity (Wildman–Crippen MR) is 178 cm³/mol. The molecule has 3 nitrogen and oxygen atoms in total. The second-order valence-corrected chi connectivity index (χ2v) is 16.6. The Balaban J connectivity index is 1.34. The molecule has 0 aliphatic heterocycles. The van der Waals surface area contributed by atoms with Crippen molar-refractivity contribution in [3.8, 4) is 34.2 Å². The molecule has 9 rings (SSSR count). The summed E-state index contributed by atoms with van der Waals surface area (Å²) < 4.78 is 5.92. The van der Waals surface area contributed by atoms with Gasteiger partial charge in [-0.25, -0.2) is 0 Å². The van der Waals surface area contributed by atoms with Crippen molar-refractivity contribution in [3.63, 3.8) is 0 Å². The molecule has 0 unspecified atom stereocenters. The van der Waals surface area contributed by atoms with E-state index in [4.69, 9.17) is 15.0 Å². The van der Waals surface area contributed by atoms with Crippen LogP contribution in [0, 0.1) is 0 Å². The minimum absolute atomic E-state index is 0.371. The van der Waals surface area contributed by atoms with Gasteiger partial charge in [0.1, 0.15) is 0 Å². The first-order valence-electron chi connectivity index (χ1n) is 13.9. The standard InChI is InChI=1S/C37H21N3Te2/c1-2-11-24-22(9-1)10-7-14-26(24)36-38-35(23-19-20-32-29(21-23)25-12-3-5-16-30(25)41-32)39-37(40-36)28-15-8-18-33-34(28)27-13-4-6-17-31(27)42-33/h1-21H. The Hall–Kier alpha value is -3.83. The number of nitrogens with zero attached hydrogens (tertiary/aromatic N) is 3. The van der Waals surface area contributed by atoms with Crippen LogP contribution >= 0.6 is 0 Å². The Morgan fingerprint density at radius 1 is 0.381 bits per heavy atom. The molecule has 0 saturated carbocycles. The molecule has 42 heavy (non-hydrogen) atoms. The number of hydrogen-bond acceptors (Lipinski definition) is 3. The predicted octanol–water partition coefficient (Wildman–Crippen LogP) is 8.75. The minimum atomic E-state index is -0.443. The summed E-state index contributed by atoms with van der Waals surface area (Å²) in [6.45, 7) is 0. The Kier molecular flexibility index (Phi) is 5.82. The third kappa shape index (κ3) is 3.97. The number of aromatic nitrogens is 3. The molecule has 0 radical (unpaired) electrons. The second kappa shape index (κ2) is 9.88. The van der Waals surface area contributed by atoms with E-state index in [-0.39, 0.29) is 20.4 Å². The van der Waals surface area contributed by atoms with E-state index in [1.165, 1.54) is 40.5 Å². The number of benzene rings is 6. The Bertz CT molecular complexity index is 2480. The van der Waals surface area contributed by atoms with E-state index in [0.717, 1.165) is 33.7 Å². The molecule has 0 amide bonds. The molecule has 196 valence electrons. The van der Waals surface area contributed by atoms with Crippen LogP contribution < -0.4 is 0 Å². The van der Waals surface area contributed by atoms with Gasteiger partial charge in [-0.2, -0.15) is 0 Å². The van der Waals surface area contributed by atoms with Crippen LogP contribution in [0.5, 0.6) is 0 Å². The van der Waals surface area contributed by atoms with Crippen LogP contribution in [0.15, 0.2) is 127 Å². The maximum absolute atomic E-state index is 5.21. The van der Waals surface area contributed by atoms with Crippen LogP contribution in [-0.2, 0) is 0 Å². The summed E-state index contributed by atoms with van der Waals surface area (Å²) in [6, 6.07) is 46.0. The third-order valence-electron chi connectivity index (χ3n) is 7.94. The van der Waals surface area contributed by atoms with Gasteiger partial charge in [0, 0.05) is 0 Å². The maximum atomic E-state index is 5.21. The van der Waals surface area contributed by atoms with Crippen LogP contribution in [0.2, 0.25) is 0 Å². The van der Waals surface area contributed by atoms with Gasteiger partial charge in [0.25, 0.3) is 0 Å². The topological polar surface area (TPSA) is 38.7 Å². The van der Waals surface area contributed by atoms with Crippen LogP contribution in [0.1, 0.15) is 0 Å². The first kappa shape index (κ1) is 24.7. The van der Waals surface area contributed by atoms with Crippen LogP contribution in [0.25, 0.3) is 80.1 Å².